The highest BCUT2D eigenvalue weighted by Crippen LogP contribution is 2.35. The van der Waals surface area contributed by atoms with Gasteiger partial charge in [0.25, 0.3) is 0 Å². The minimum Gasteiger partial charge on any atom is -0.408 e. The molecule has 1 aromatic carbocycles. The van der Waals surface area contributed by atoms with Gasteiger partial charge in [-0.1, -0.05) is 36.3 Å². The van der Waals surface area contributed by atoms with Gasteiger partial charge in [0, 0.05) is 13.0 Å². The Morgan fingerprint density at radius 3 is 2.85 bits per heavy atom. The lowest BCUT2D eigenvalue weighted by molar-refractivity contribution is 0.0597. The molecule has 0 amide bonds. The summed E-state index contributed by atoms with van der Waals surface area (Å²) < 4.78 is 5.57. The van der Waals surface area contributed by atoms with Crippen LogP contribution in [0.3, 0.4) is 0 Å². The van der Waals surface area contributed by atoms with Gasteiger partial charge < -0.3 is 14.4 Å². The van der Waals surface area contributed by atoms with Gasteiger partial charge in [-0.15, -0.1) is 5.10 Å². The molecule has 1 aromatic heterocycles. The number of β-amino-alcohol motifs (C(OH)–C–C–N with tert-alkyl or cyclic N) is 1. The van der Waals surface area contributed by atoms with Crippen molar-refractivity contribution in [2.75, 3.05) is 18.0 Å². The van der Waals surface area contributed by atoms with E-state index in [4.69, 9.17) is 4.42 Å². The van der Waals surface area contributed by atoms with Crippen molar-refractivity contribution in [2.24, 2.45) is 0 Å². The Morgan fingerprint density at radius 1 is 1.35 bits per heavy atom. The predicted octanol–water partition coefficient (Wildman–Crippen LogP) is 2.04. The quantitative estimate of drug-likeness (QED) is 0.927. The Hall–Kier alpha value is -1.88. The van der Waals surface area contributed by atoms with Crippen molar-refractivity contribution < 1.29 is 9.52 Å². The zero-order valence-electron chi connectivity index (χ0n) is 11.8. The van der Waals surface area contributed by atoms with E-state index in [2.05, 4.69) is 10.2 Å². The van der Waals surface area contributed by atoms with Crippen LogP contribution in [0.1, 0.15) is 30.4 Å². The van der Waals surface area contributed by atoms with E-state index in [1.165, 1.54) is 0 Å². The maximum Gasteiger partial charge on any atom is 0.318 e. The molecule has 1 fully saturated rings. The van der Waals surface area contributed by atoms with Gasteiger partial charge in [-0.05, 0) is 24.5 Å². The average Bonchev–Trinajstić information content (AvgIpc) is 3.06. The summed E-state index contributed by atoms with van der Waals surface area (Å²) in [5, 5.41) is 18.9. The molecule has 0 spiro atoms. The van der Waals surface area contributed by atoms with Crippen molar-refractivity contribution in [1.29, 1.82) is 0 Å². The third-order valence-electron chi connectivity index (χ3n) is 3.92. The standard InChI is InChI=1S/C15H19N3O2/c1-3-13-16-17-14(20-13)18-9-8-15(19,10-18)12-7-5-4-6-11(12)2/h4-7,19H,3,8-10H2,1-2H3/t15-/m1/s1. The van der Waals surface area contributed by atoms with Crippen LogP contribution in [0.2, 0.25) is 0 Å². The molecule has 1 atom stereocenters. The van der Waals surface area contributed by atoms with Crippen LogP contribution < -0.4 is 4.90 Å². The lowest BCUT2D eigenvalue weighted by Gasteiger charge is -2.25. The van der Waals surface area contributed by atoms with Gasteiger partial charge >= 0.3 is 6.01 Å². The first-order chi connectivity index (χ1) is 9.62. The van der Waals surface area contributed by atoms with Crippen LogP contribution in [0.25, 0.3) is 0 Å². The van der Waals surface area contributed by atoms with Gasteiger partial charge in [0.1, 0.15) is 5.60 Å². The molecule has 20 heavy (non-hydrogen) atoms. The Morgan fingerprint density at radius 2 is 2.15 bits per heavy atom. The van der Waals surface area contributed by atoms with Crippen LogP contribution >= 0.6 is 0 Å². The first kappa shape index (κ1) is 13.1. The number of aromatic nitrogens is 2. The third-order valence-corrected chi connectivity index (χ3v) is 3.92. The normalized spacial score (nSPS) is 22.4. The summed E-state index contributed by atoms with van der Waals surface area (Å²) in [4.78, 5) is 1.96. The second kappa shape index (κ2) is 4.90. The summed E-state index contributed by atoms with van der Waals surface area (Å²) in [7, 11) is 0. The van der Waals surface area contributed by atoms with E-state index in [1.807, 2.05) is 43.0 Å². The monoisotopic (exact) mass is 273 g/mol. The Balaban J connectivity index is 1.83. The summed E-state index contributed by atoms with van der Waals surface area (Å²) in [6.45, 7) is 5.21. The number of benzene rings is 1. The summed E-state index contributed by atoms with van der Waals surface area (Å²) in [6, 6.07) is 8.47. The van der Waals surface area contributed by atoms with Gasteiger partial charge in [0.05, 0.1) is 6.54 Å². The first-order valence-corrected chi connectivity index (χ1v) is 6.98. The second-order valence-electron chi connectivity index (χ2n) is 5.35. The molecule has 0 bridgehead atoms. The number of rotatable bonds is 3. The lowest BCUT2D eigenvalue weighted by atomic mass is 9.89. The molecular weight excluding hydrogens is 254 g/mol. The van der Waals surface area contributed by atoms with Gasteiger partial charge in [-0.25, -0.2) is 0 Å². The van der Waals surface area contributed by atoms with Crippen LogP contribution in [0.4, 0.5) is 6.01 Å². The highest BCUT2D eigenvalue weighted by Gasteiger charge is 2.40. The molecule has 0 radical (unpaired) electrons. The topological polar surface area (TPSA) is 62.4 Å². The lowest BCUT2D eigenvalue weighted by Crippen LogP contribution is -2.31. The van der Waals surface area contributed by atoms with E-state index in [-0.39, 0.29) is 0 Å². The zero-order chi connectivity index (χ0) is 14.2. The molecule has 5 heteroatoms. The van der Waals surface area contributed by atoms with E-state index < -0.39 is 5.60 Å². The maximum atomic E-state index is 10.9. The fourth-order valence-electron chi connectivity index (χ4n) is 2.79. The summed E-state index contributed by atoms with van der Waals surface area (Å²) in [5.41, 5.74) is 1.25. The summed E-state index contributed by atoms with van der Waals surface area (Å²) in [5.74, 6) is 0.631. The van der Waals surface area contributed by atoms with Gasteiger partial charge in [-0.3, -0.25) is 0 Å². The minimum absolute atomic E-state index is 0.489. The zero-order valence-corrected chi connectivity index (χ0v) is 11.8. The molecule has 2 aromatic rings. The number of hydrogen-bond donors (Lipinski definition) is 1. The molecule has 1 aliphatic rings. The Kier molecular flexibility index (Phi) is 3.22. The summed E-state index contributed by atoms with van der Waals surface area (Å²) >= 11 is 0. The molecule has 106 valence electrons. The largest absolute Gasteiger partial charge is 0.408 e. The molecule has 0 unspecified atom stereocenters. The second-order valence-corrected chi connectivity index (χ2v) is 5.35. The van der Waals surface area contributed by atoms with E-state index in [0.29, 0.717) is 24.9 Å². The molecule has 1 aliphatic heterocycles. The van der Waals surface area contributed by atoms with Crippen molar-refractivity contribution in [3.05, 3.63) is 41.3 Å². The fourth-order valence-corrected chi connectivity index (χ4v) is 2.79. The number of aliphatic hydroxyl groups is 1. The van der Waals surface area contributed by atoms with E-state index in [1.54, 1.807) is 0 Å². The highest BCUT2D eigenvalue weighted by molar-refractivity contribution is 5.38. The van der Waals surface area contributed by atoms with E-state index in [0.717, 1.165) is 24.1 Å². The molecule has 2 heterocycles. The van der Waals surface area contributed by atoms with Crippen molar-refractivity contribution in [3.63, 3.8) is 0 Å². The molecule has 5 nitrogen and oxygen atoms in total. The Bertz CT molecular complexity index is 611. The fraction of sp³-hybridized carbons (Fsp3) is 0.467. The minimum atomic E-state index is -0.841. The van der Waals surface area contributed by atoms with Crippen molar-refractivity contribution >= 4 is 6.01 Å². The van der Waals surface area contributed by atoms with Crippen molar-refractivity contribution in [2.45, 2.75) is 32.3 Å². The van der Waals surface area contributed by atoms with Crippen LogP contribution in [0, 0.1) is 6.92 Å². The third kappa shape index (κ3) is 2.18. The Labute approximate surface area is 118 Å². The number of aryl methyl sites for hydroxylation is 2. The van der Waals surface area contributed by atoms with Crippen LogP contribution in [-0.2, 0) is 12.0 Å². The molecular formula is C15H19N3O2. The van der Waals surface area contributed by atoms with Crippen molar-refractivity contribution in [1.82, 2.24) is 10.2 Å². The maximum absolute atomic E-state index is 10.9. The SMILES string of the molecule is CCc1nnc(N2CC[C@](O)(c3ccccc3C)C2)o1. The molecule has 0 aliphatic carbocycles. The van der Waals surface area contributed by atoms with Crippen LogP contribution in [0.5, 0.6) is 0 Å². The van der Waals surface area contributed by atoms with E-state index in [9.17, 15) is 5.11 Å². The number of hydrogen-bond acceptors (Lipinski definition) is 5. The van der Waals surface area contributed by atoms with Gasteiger partial charge in [0.15, 0.2) is 0 Å². The molecule has 1 saturated heterocycles. The smallest absolute Gasteiger partial charge is 0.318 e. The van der Waals surface area contributed by atoms with Gasteiger partial charge in [0.2, 0.25) is 5.89 Å². The predicted molar refractivity (Wildman–Crippen MR) is 75.6 cm³/mol. The number of anilines is 1. The van der Waals surface area contributed by atoms with Crippen molar-refractivity contribution in [3.8, 4) is 0 Å². The van der Waals surface area contributed by atoms with Crippen LogP contribution in [0.15, 0.2) is 28.7 Å². The number of nitrogens with zero attached hydrogens (tertiary/aromatic N) is 3. The average molecular weight is 273 g/mol. The molecule has 1 N–H and O–H groups in total. The summed E-state index contributed by atoms with van der Waals surface area (Å²) in [6.07, 6.45) is 1.39. The molecule has 3 rings (SSSR count). The first-order valence-electron chi connectivity index (χ1n) is 6.98. The van der Waals surface area contributed by atoms with E-state index >= 15 is 0 Å². The van der Waals surface area contributed by atoms with Crippen LogP contribution in [-0.4, -0.2) is 28.4 Å². The highest BCUT2D eigenvalue weighted by atomic mass is 16.4. The molecule has 0 saturated carbocycles. The van der Waals surface area contributed by atoms with Gasteiger partial charge in [-0.2, -0.15) is 0 Å².